The SMILES string of the molecule is Cc1c(C)n(CCc2ccccc2)c2ncnc(NCCCN3CCOCC3)c12. The number of hydrogen-bond acceptors (Lipinski definition) is 5. The molecule has 2 aromatic heterocycles. The van der Waals surface area contributed by atoms with Gasteiger partial charge in [-0.3, -0.25) is 4.90 Å². The molecule has 154 valence electrons. The number of fused-ring (bicyclic) bond motifs is 1. The van der Waals surface area contributed by atoms with Crippen molar-refractivity contribution in [3.63, 3.8) is 0 Å². The van der Waals surface area contributed by atoms with Gasteiger partial charge in [0.25, 0.3) is 0 Å². The van der Waals surface area contributed by atoms with Gasteiger partial charge in [0.2, 0.25) is 0 Å². The highest BCUT2D eigenvalue weighted by Crippen LogP contribution is 2.28. The zero-order valence-electron chi connectivity index (χ0n) is 17.5. The van der Waals surface area contributed by atoms with Crippen LogP contribution in [-0.2, 0) is 17.7 Å². The van der Waals surface area contributed by atoms with E-state index in [4.69, 9.17) is 4.74 Å². The van der Waals surface area contributed by atoms with Crippen LogP contribution in [0.4, 0.5) is 5.82 Å². The Balaban J connectivity index is 1.44. The summed E-state index contributed by atoms with van der Waals surface area (Å²) in [6.45, 7) is 11.1. The highest BCUT2D eigenvalue weighted by molar-refractivity contribution is 5.91. The molecule has 1 saturated heterocycles. The average molecular weight is 394 g/mol. The maximum Gasteiger partial charge on any atom is 0.145 e. The third-order valence-electron chi connectivity index (χ3n) is 5.92. The molecule has 0 saturated carbocycles. The van der Waals surface area contributed by atoms with Crippen molar-refractivity contribution in [1.29, 1.82) is 0 Å². The summed E-state index contributed by atoms with van der Waals surface area (Å²) in [6.07, 6.45) is 3.78. The molecule has 0 radical (unpaired) electrons. The zero-order chi connectivity index (χ0) is 20.1. The topological polar surface area (TPSA) is 55.2 Å². The Hall–Kier alpha value is -2.44. The molecule has 3 aromatic rings. The van der Waals surface area contributed by atoms with Crippen molar-refractivity contribution in [2.45, 2.75) is 33.2 Å². The van der Waals surface area contributed by atoms with E-state index in [-0.39, 0.29) is 0 Å². The number of hydrogen-bond donors (Lipinski definition) is 1. The van der Waals surface area contributed by atoms with Crippen LogP contribution >= 0.6 is 0 Å². The molecular formula is C23H31N5O. The molecule has 1 N–H and O–H groups in total. The second-order valence-corrected chi connectivity index (χ2v) is 7.75. The Labute approximate surface area is 172 Å². The van der Waals surface area contributed by atoms with Crippen LogP contribution in [-0.4, -0.2) is 58.8 Å². The molecule has 0 aliphatic carbocycles. The summed E-state index contributed by atoms with van der Waals surface area (Å²) >= 11 is 0. The summed E-state index contributed by atoms with van der Waals surface area (Å²) < 4.78 is 7.75. The van der Waals surface area contributed by atoms with Crippen molar-refractivity contribution in [3.05, 3.63) is 53.5 Å². The lowest BCUT2D eigenvalue weighted by atomic mass is 10.1. The first-order valence-electron chi connectivity index (χ1n) is 10.6. The molecule has 3 heterocycles. The summed E-state index contributed by atoms with van der Waals surface area (Å²) in [5.74, 6) is 0.955. The monoisotopic (exact) mass is 393 g/mol. The van der Waals surface area contributed by atoms with E-state index in [1.54, 1.807) is 6.33 Å². The first-order chi connectivity index (χ1) is 14.2. The number of benzene rings is 1. The number of morpholine rings is 1. The minimum absolute atomic E-state index is 0.856. The lowest BCUT2D eigenvalue weighted by Crippen LogP contribution is -2.37. The maximum atomic E-state index is 5.42. The van der Waals surface area contributed by atoms with Crippen LogP contribution in [0.1, 0.15) is 23.2 Å². The van der Waals surface area contributed by atoms with Gasteiger partial charge in [-0.25, -0.2) is 9.97 Å². The fraction of sp³-hybridized carbons (Fsp3) is 0.478. The van der Waals surface area contributed by atoms with Gasteiger partial charge in [0.15, 0.2) is 0 Å². The first kappa shape index (κ1) is 19.9. The lowest BCUT2D eigenvalue weighted by molar-refractivity contribution is 0.0378. The highest BCUT2D eigenvalue weighted by atomic mass is 16.5. The van der Waals surface area contributed by atoms with E-state index in [2.05, 4.69) is 68.9 Å². The van der Waals surface area contributed by atoms with Gasteiger partial charge in [-0.05, 0) is 44.4 Å². The van der Waals surface area contributed by atoms with E-state index < -0.39 is 0 Å². The van der Waals surface area contributed by atoms with E-state index in [0.717, 1.165) is 75.6 Å². The molecule has 0 unspecified atom stereocenters. The van der Waals surface area contributed by atoms with Crippen LogP contribution in [0, 0.1) is 13.8 Å². The largest absolute Gasteiger partial charge is 0.379 e. The smallest absolute Gasteiger partial charge is 0.145 e. The summed E-state index contributed by atoms with van der Waals surface area (Å²) in [5, 5.41) is 4.72. The third kappa shape index (κ3) is 4.60. The molecule has 1 fully saturated rings. The van der Waals surface area contributed by atoms with Crippen LogP contribution < -0.4 is 5.32 Å². The predicted octanol–water partition coefficient (Wildman–Crippen LogP) is 3.43. The number of aryl methyl sites for hydroxylation is 3. The van der Waals surface area contributed by atoms with Gasteiger partial charge < -0.3 is 14.6 Å². The molecule has 4 rings (SSSR count). The average Bonchev–Trinajstić information content (AvgIpc) is 3.02. The Morgan fingerprint density at radius 1 is 1.03 bits per heavy atom. The van der Waals surface area contributed by atoms with Gasteiger partial charge in [-0.1, -0.05) is 30.3 Å². The van der Waals surface area contributed by atoms with E-state index in [0.29, 0.717) is 0 Å². The van der Waals surface area contributed by atoms with Gasteiger partial charge in [0.05, 0.1) is 18.6 Å². The Bertz CT molecular complexity index is 931. The lowest BCUT2D eigenvalue weighted by Gasteiger charge is -2.26. The predicted molar refractivity (Wildman–Crippen MR) is 118 cm³/mol. The molecule has 0 amide bonds. The quantitative estimate of drug-likeness (QED) is 0.594. The molecule has 1 aliphatic rings. The third-order valence-corrected chi connectivity index (χ3v) is 5.92. The molecule has 29 heavy (non-hydrogen) atoms. The highest BCUT2D eigenvalue weighted by Gasteiger charge is 2.16. The number of rotatable bonds is 8. The fourth-order valence-corrected chi connectivity index (χ4v) is 4.10. The van der Waals surface area contributed by atoms with Crippen molar-refractivity contribution in [1.82, 2.24) is 19.4 Å². The summed E-state index contributed by atoms with van der Waals surface area (Å²) in [4.78, 5) is 11.7. The number of ether oxygens (including phenoxy) is 1. The number of nitrogens with zero attached hydrogens (tertiary/aromatic N) is 4. The summed E-state index contributed by atoms with van der Waals surface area (Å²) in [7, 11) is 0. The van der Waals surface area contributed by atoms with Crippen LogP contribution in [0.15, 0.2) is 36.7 Å². The van der Waals surface area contributed by atoms with Gasteiger partial charge in [-0.2, -0.15) is 0 Å². The van der Waals surface area contributed by atoms with Gasteiger partial charge >= 0.3 is 0 Å². The van der Waals surface area contributed by atoms with Gasteiger partial charge in [0.1, 0.15) is 17.8 Å². The van der Waals surface area contributed by atoms with E-state index in [9.17, 15) is 0 Å². The molecule has 1 aliphatic heterocycles. The van der Waals surface area contributed by atoms with Gasteiger partial charge in [-0.15, -0.1) is 0 Å². The normalized spacial score (nSPS) is 15.1. The first-order valence-corrected chi connectivity index (χ1v) is 10.6. The minimum Gasteiger partial charge on any atom is -0.379 e. The maximum absolute atomic E-state index is 5.42. The fourth-order valence-electron chi connectivity index (χ4n) is 4.10. The van der Waals surface area contributed by atoms with E-state index in [1.807, 2.05) is 0 Å². The van der Waals surface area contributed by atoms with E-state index in [1.165, 1.54) is 16.8 Å². The van der Waals surface area contributed by atoms with Crippen molar-refractivity contribution in [3.8, 4) is 0 Å². The molecule has 1 aromatic carbocycles. The minimum atomic E-state index is 0.856. The Morgan fingerprint density at radius 2 is 1.83 bits per heavy atom. The molecule has 6 heteroatoms. The summed E-state index contributed by atoms with van der Waals surface area (Å²) in [6, 6.07) is 10.6. The molecule has 6 nitrogen and oxygen atoms in total. The van der Waals surface area contributed by atoms with Crippen molar-refractivity contribution >= 4 is 16.9 Å². The molecule has 0 bridgehead atoms. The van der Waals surface area contributed by atoms with Gasteiger partial charge in [0, 0.05) is 31.9 Å². The number of anilines is 1. The molecule has 0 atom stereocenters. The Morgan fingerprint density at radius 3 is 2.62 bits per heavy atom. The zero-order valence-corrected chi connectivity index (χ0v) is 17.5. The second-order valence-electron chi connectivity index (χ2n) is 7.75. The molecular weight excluding hydrogens is 362 g/mol. The van der Waals surface area contributed by atoms with Crippen molar-refractivity contribution in [2.75, 3.05) is 44.7 Å². The van der Waals surface area contributed by atoms with E-state index >= 15 is 0 Å². The van der Waals surface area contributed by atoms with Crippen molar-refractivity contribution in [2.24, 2.45) is 0 Å². The van der Waals surface area contributed by atoms with Crippen LogP contribution in [0.25, 0.3) is 11.0 Å². The van der Waals surface area contributed by atoms with Crippen LogP contribution in [0.2, 0.25) is 0 Å². The Kier molecular flexibility index (Phi) is 6.42. The number of nitrogens with one attached hydrogen (secondary N) is 1. The van der Waals surface area contributed by atoms with Crippen LogP contribution in [0.3, 0.4) is 0 Å². The second kappa shape index (κ2) is 9.37. The number of aromatic nitrogens is 3. The molecule has 0 spiro atoms. The standard InChI is InChI=1S/C23H31N5O/c1-18-19(2)28(12-9-20-7-4-3-5-8-20)23-21(18)22(25-17-26-23)24-10-6-11-27-13-15-29-16-14-27/h3-5,7-8,17H,6,9-16H2,1-2H3,(H,24,25,26). The van der Waals surface area contributed by atoms with Crippen molar-refractivity contribution < 1.29 is 4.74 Å². The summed E-state index contributed by atoms with van der Waals surface area (Å²) in [5.41, 5.74) is 4.92. The van der Waals surface area contributed by atoms with Crippen LogP contribution in [0.5, 0.6) is 0 Å².